The molecule has 0 aromatic heterocycles. The molecule has 1 saturated heterocycles. The lowest BCUT2D eigenvalue weighted by Crippen LogP contribution is -2.58. The molecule has 1 atom stereocenters. The number of amides is 1. The Labute approximate surface area is 187 Å². The number of aliphatic hydroxyl groups is 1. The number of piperazine rings is 1. The van der Waals surface area contributed by atoms with E-state index < -0.39 is 22.1 Å². The molecule has 3 heterocycles. The molecule has 1 aliphatic carbocycles. The normalized spacial score (nSPS) is 25.6. The smallest absolute Gasteiger partial charge is 0.254 e. The van der Waals surface area contributed by atoms with E-state index in [1.165, 1.54) is 12.1 Å². The van der Waals surface area contributed by atoms with E-state index in [4.69, 9.17) is 5.11 Å². The van der Waals surface area contributed by atoms with Crippen molar-refractivity contribution in [3.8, 4) is 0 Å². The summed E-state index contributed by atoms with van der Waals surface area (Å²) in [7, 11) is -3.54. The van der Waals surface area contributed by atoms with Crippen molar-refractivity contribution < 1.29 is 18.3 Å². The van der Waals surface area contributed by atoms with Crippen LogP contribution in [-0.2, 0) is 9.84 Å². The van der Waals surface area contributed by atoms with Gasteiger partial charge in [0, 0.05) is 30.8 Å². The Hall–Kier alpha value is -2.85. The van der Waals surface area contributed by atoms with E-state index in [0.29, 0.717) is 18.7 Å². The van der Waals surface area contributed by atoms with E-state index in [-0.39, 0.29) is 22.1 Å². The highest BCUT2D eigenvalue weighted by Gasteiger charge is 2.54. The molecule has 170 valence electrons. The van der Waals surface area contributed by atoms with Gasteiger partial charge in [-0.3, -0.25) is 4.79 Å². The summed E-state index contributed by atoms with van der Waals surface area (Å²) in [6.45, 7) is 3.63. The van der Waals surface area contributed by atoms with Crippen LogP contribution >= 0.6 is 0 Å². The topological polar surface area (TPSA) is 114 Å². The molecule has 1 spiro atoms. The predicted octanol–water partition coefficient (Wildman–Crippen LogP) is 0.419. The van der Waals surface area contributed by atoms with Gasteiger partial charge in [0.2, 0.25) is 0 Å². The first-order valence-electron chi connectivity index (χ1n) is 10.8. The molecular formula is C22H27N5O4S. The van der Waals surface area contributed by atoms with Crippen LogP contribution in [0.15, 0.2) is 57.8 Å². The molecule has 3 N–H and O–H groups in total. The SMILES string of the molecule is CC12N=CNC(N3CCN(C(=O)c4ccc(S(=O)(=O)CCO)cc4)C4(CC4)C3)=C1C=CN2. The number of carbonyl (C=O) groups is 1. The van der Waals surface area contributed by atoms with Crippen molar-refractivity contribution in [2.45, 2.75) is 35.9 Å². The summed E-state index contributed by atoms with van der Waals surface area (Å²) < 4.78 is 24.3. The fourth-order valence-electron chi connectivity index (χ4n) is 4.76. The van der Waals surface area contributed by atoms with E-state index in [2.05, 4.69) is 20.5 Å². The summed E-state index contributed by atoms with van der Waals surface area (Å²) in [6.07, 6.45) is 7.57. The molecule has 1 aromatic rings. The van der Waals surface area contributed by atoms with Crippen LogP contribution in [0.5, 0.6) is 0 Å². The number of hydrogen-bond acceptors (Lipinski definition) is 8. The fourth-order valence-corrected chi connectivity index (χ4v) is 5.79. The van der Waals surface area contributed by atoms with E-state index in [9.17, 15) is 13.2 Å². The van der Waals surface area contributed by atoms with Gasteiger partial charge < -0.3 is 25.5 Å². The Bertz CT molecular complexity index is 1140. The van der Waals surface area contributed by atoms with Gasteiger partial charge in [-0.25, -0.2) is 13.4 Å². The molecule has 1 aromatic carbocycles. The monoisotopic (exact) mass is 457 g/mol. The average molecular weight is 458 g/mol. The minimum atomic E-state index is -3.54. The molecule has 32 heavy (non-hydrogen) atoms. The van der Waals surface area contributed by atoms with Gasteiger partial charge in [-0.05, 0) is 56.3 Å². The van der Waals surface area contributed by atoms with Gasteiger partial charge in [0.15, 0.2) is 15.5 Å². The predicted molar refractivity (Wildman–Crippen MR) is 119 cm³/mol. The second-order valence-corrected chi connectivity index (χ2v) is 11.0. The molecule has 9 nitrogen and oxygen atoms in total. The summed E-state index contributed by atoms with van der Waals surface area (Å²) in [5.41, 5.74) is 0.915. The van der Waals surface area contributed by atoms with Crippen molar-refractivity contribution in [3.05, 3.63) is 53.5 Å². The average Bonchev–Trinajstić information content (AvgIpc) is 3.41. The Morgan fingerprint density at radius 3 is 2.66 bits per heavy atom. The number of aliphatic imine (C=N–C) groups is 1. The highest BCUT2D eigenvalue weighted by Crippen LogP contribution is 2.46. The number of carbonyl (C=O) groups excluding carboxylic acids is 1. The molecule has 1 amide bonds. The maximum atomic E-state index is 13.3. The Kier molecular flexibility index (Phi) is 4.82. The molecule has 2 fully saturated rings. The second kappa shape index (κ2) is 7.35. The van der Waals surface area contributed by atoms with Crippen molar-refractivity contribution in [2.75, 3.05) is 32.0 Å². The van der Waals surface area contributed by atoms with Crippen LogP contribution in [0.25, 0.3) is 0 Å². The third-order valence-electron chi connectivity index (χ3n) is 6.78. The molecule has 1 saturated carbocycles. The minimum Gasteiger partial charge on any atom is -0.395 e. The standard InChI is InChI=1S/C22H27N5O4S/c1-21-18(6-9-24-21)19(23-15-25-21)26-10-11-27(22(14-26)7-8-22)20(29)16-2-4-17(5-3-16)32(30,31)13-12-28/h2-6,9,15,24,28H,7-8,10-14H2,1H3,(H,23,25). The van der Waals surface area contributed by atoms with E-state index in [0.717, 1.165) is 30.8 Å². The number of sulfone groups is 1. The summed E-state index contributed by atoms with van der Waals surface area (Å²) in [6, 6.07) is 6.04. The van der Waals surface area contributed by atoms with Crippen LogP contribution in [0.4, 0.5) is 0 Å². The van der Waals surface area contributed by atoms with Crippen LogP contribution in [0.1, 0.15) is 30.1 Å². The van der Waals surface area contributed by atoms with Crippen molar-refractivity contribution in [1.29, 1.82) is 0 Å². The Balaban J connectivity index is 1.34. The van der Waals surface area contributed by atoms with E-state index >= 15 is 0 Å². The van der Waals surface area contributed by atoms with Gasteiger partial charge >= 0.3 is 0 Å². The van der Waals surface area contributed by atoms with Crippen molar-refractivity contribution in [1.82, 2.24) is 20.4 Å². The minimum absolute atomic E-state index is 0.0728. The molecule has 3 aliphatic heterocycles. The van der Waals surface area contributed by atoms with Crippen molar-refractivity contribution in [2.24, 2.45) is 4.99 Å². The molecule has 0 bridgehead atoms. The molecule has 10 heteroatoms. The van der Waals surface area contributed by atoms with Gasteiger partial charge in [-0.1, -0.05) is 0 Å². The third kappa shape index (κ3) is 3.38. The number of aliphatic hydroxyl groups excluding tert-OH is 1. The summed E-state index contributed by atoms with van der Waals surface area (Å²) in [4.78, 5) is 22.2. The lowest BCUT2D eigenvalue weighted by Gasteiger charge is -2.45. The van der Waals surface area contributed by atoms with Crippen molar-refractivity contribution in [3.63, 3.8) is 0 Å². The first-order chi connectivity index (χ1) is 15.3. The fraction of sp³-hybridized carbons (Fsp3) is 0.455. The van der Waals surface area contributed by atoms with Crippen LogP contribution in [0.2, 0.25) is 0 Å². The zero-order valence-electron chi connectivity index (χ0n) is 17.9. The summed E-state index contributed by atoms with van der Waals surface area (Å²) in [5.74, 6) is 0.628. The van der Waals surface area contributed by atoms with Gasteiger partial charge in [0.05, 0.1) is 29.1 Å². The molecule has 4 aliphatic rings. The van der Waals surface area contributed by atoms with Crippen LogP contribution in [0.3, 0.4) is 0 Å². The number of nitrogens with one attached hydrogen (secondary N) is 2. The third-order valence-corrected chi connectivity index (χ3v) is 8.49. The van der Waals surface area contributed by atoms with E-state index in [1.54, 1.807) is 18.5 Å². The molecule has 1 unspecified atom stereocenters. The number of rotatable bonds is 5. The highest BCUT2D eigenvalue weighted by atomic mass is 32.2. The maximum Gasteiger partial charge on any atom is 0.254 e. The van der Waals surface area contributed by atoms with Crippen LogP contribution in [-0.4, -0.2) is 78.8 Å². The summed E-state index contributed by atoms with van der Waals surface area (Å²) in [5, 5.41) is 15.5. The largest absolute Gasteiger partial charge is 0.395 e. The molecule has 5 rings (SSSR count). The number of nitrogens with zero attached hydrogens (tertiary/aromatic N) is 3. The highest BCUT2D eigenvalue weighted by molar-refractivity contribution is 7.91. The quantitative estimate of drug-likeness (QED) is 0.587. The van der Waals surface area contributed by atoms with Crippen LogP contribution < -0.4 is 10.6 Å². The van der Waals surface area contributed by atoms with Gasteiger partial charge in [0.25, 0.3) is 5.91 Å². The van der Waals surface area contributed by atoms with Crippen molar-refractivity contribution >= 4 is 22.1 Å². The van der Waals surface area contributed by atoms with Gasteiger partial charge in [-0.2, -0.15) is 0 Å². The lowest BCUT2D eigenvalue weighted by atomic mass is 10.0. The first kappa shape index (κ1) is 21.0. The zero-order valence-corrected chi connectivity index (χ0v) is 18.7. The zero-order chi connectivity index (χ0) is 22.6. The Morgan fingerprint density at radius 2 is 1.97 bits per heavy atom. The number of fused-ring (bicyclic) bond motifs is 1. The Morgan fingerprint density at radius 1 is 1.22 bits per heavy atom. The molecular weight excluding hydrogens is 430 g/mol. The lowest BCUT2D eigenvalue weighted by molar-refractivity contribution is 0.0442. The maximum absolute atomic E-state index is 13.3. The molecule has 0 radical (unpaired) electrons. The first-order valence-corrected chi connectivity index (χ1v) is 12.4. The summed E-state index contributed by atoms with van der Waals surface area (Å²) >= 11 is 0. The number of hydrogen-bond donors (Lipinski definition) is 3. The van der Waals surface area contributed by atoms with Gasteiger partial charge in [-0.15, -0.1) is 0 Å². The van der Waals surface area contributed by atoms with Gasteiger partial charge in [0.1, 0.15) is 5.82 Å². The van der Waals surface area contributed by atoms with Crippen LogP contribution in [0, 0.1) is 0 Å². The second-order valence-electron chi connectivity index (χ2n) is 8.88. The van der Waals surface area contributed by atoms with E-state index in [1.807, 2.05) is 24.1 Å². The number of benzene rings is 1.